The lowest BCUT2D eigenvalue weighted by atomic mass is 9.94. The molecule has 2 N–H and O–H groups in total. The molecule has 2 nitrogen and oxygen atoms in total. The fraction of sp³-hybridized carbons (Fsp3) is 0.538. The highest BCUT2D eigenvalue weighted by Crippen LogP contribution is 2.35. The molecular weight excluding hydrogens is 224 g/mol. The van der Waals surface area contributed by atoms with E-state index in [4.69, 9.17) is 0 Å². The summed E-state index contributed by atoms with van der Waals surface area (Å²) in [7, 11) is 0. The molecule has 0 aromatic heterocycles. The van der Waals surface area contributed by atoms with Crippen LogP contribution < -0.4 is 5.32 Å². The number of alkyl halides is 2. The van der Waals surface area contributed by atoms with Gasteiger partial charge in [0.1, 0.15) is 5.75 Å². The van der Waals surface area contributed by atoms with E-state index in [1.54, 1.807) is 13.0 Å². The molecule has 0 radical (unpaired) electrons. The smallest absolute Gasteiger partial charge is 0.267 e. The average Bonchev–Trinajstić information content (AvgIpc) is 2.33. The molecular formula is C13H17F2NO. The molecule has 1 unspecified atom stereocenters. The van der Waals surface area contributed by atoms with Gasteiger partial charge in [-0.3, -0.25) is 0 Å². The lowest BCUT2D eigenvalue weighted by Crippen LogP contribution is -2.26. The molecule has 4 heteroatoms. The van der Waals surface area contributed by atoms with Gasteiger partial charge >= 0.3 is 0 Å². The van der Waals surface area contributed by atoms with Gasteiger partial charge in [0.05, 0.1) is 5.56 Å². The van der Waals surface area contributed by atoms with E-state index in [0.29, 0.717) is 5.56 Å². The second-order valence-electron chi connectivity index (χ2n) is 4.58. The van der Waals surface area contributed by atoms with Gasteiger partial charge in [-0.25, -0.2) is 8.78 Å². The van der Waals surface area contributed by atoms with Crippen LogP contribution in [0.2, 0.25) is 0 Å². The van der Waals surface area contributed by atoms with Gasteiger partial charge in [0.15, 0.2) is 0 Å². The van der Waals surface area contributed by atoms with Crippen LogP contribution >= 0.6 is 0 Å². The van der Waals surface area contributed by atoms with Crippen LogP contribution in [0.15, 0.2) is 12.1 Å². The van der Waals surface area contributed by atoms with E-state index in [1.165, 1.54) is 6.07 Å². The van der Waals surface area contributed by atoms with Crippen molar-refractivity contribution in [3.63, 3.8) is 0 Å². The Hall–Kier alpha value is -1.16. The third-order valence-electron chi connectivity index (χ3n) is 3.30. The van der Waals surface area contributed by atoms with E-state index < -0.39 is 6.43 Å². The molecule has 94 valence electrons. The molecule has 1 fully saturated rings. The lowest BCUT2D eigenvalue weighted by molar-refractivity contribution is 0.147. The van der Waals surface area contributed by atoms with Crippen molar-refractivity contribution in [2.75, 3.05) is 6.54 Å². The third-order valence-corrected chi connectivity index (χ3v) is 3.30. The second-order valence-corrected chi connectivity index (χ2v) is 4.58. The quantitative estimate of drug-likeness (QED) is 0.831. The first kappa shape index (κ1) is 12.3. The molecule has 0 saturated carbocycles. The third kappa shape index (κ3) is 2.57. The van der Waals surface area contributed by atoms with E-state index in [9.17, 15) is 13.9 Å². The molecule has 1 saturated heterocycles. The van der Waals surface area contributed by atoms with Gasteiger partial charge in [-0.15, -0.1) is 0 Å². The molecule has 1 aliphatic heterocycles. The van der Waals surface area contributed by atoms with E-state index in [1.807, 2.05) is 0 Å². The van der Waals surface area contributed by atoms with E-state index in [2.05, 4.69) is 5.32 Å². The molecule has 0 amide bonds. The number of phenolic OH excluding ortho intramolecular Hbond substituents is 1. The number of aryl methyl sites for hydroxylation is 1. The molecule has 0 spiro atoms. The van der Waals surface area contributed by atoms with Crippen LogP contribution in [0.1, 0.15) is 48.4 Å². The number of hydrogen-bond donors (Lipinski definition) is 2. The summed E-state index contributed by atoms with van der Waals surface area (Å²) < 4.78 is 25.5. The normalized spacial score (nSPS) is 20.8. The fourth-order valence-electron chi connectivity index (χ4n) is 2.34. The Morgan fingerprint density at radius 3 is 2.71 bits per heavy atom. The fourth-order valence-corrected chi connectivity index (χ4v) is 2.34. The summed E-state index contributed by atoms with van der Waals surface area (Å²) in [6.45, 7) is 2.59. The molecule has 0 bridgehead atoms. The number of nitrogens with one attached hydrogen (secondary N) is 1. The summed E-state index contributed by atoms with van der Waals surface area (Å²) in [5.74, 6) is -0.278. The van der Waals surface area contributed by atoms with E-state index >= 15 is 0 Å². The maximum atomic E-state index is 12.8. The molecule has 1 aliphatic rings. The van der Waals surface area contributed by atoms with E-state index in [-0.39, 0.29) is 17.4 Å². The van der Waals surface area contributed by atoms with Crippen LogP contribution in [0, 0.1) is 6.92 Å². The van der Waals surface area contributed by atoms with Crippen LogP contribution in [0.4, 0.5) is 8.78 Å². The minimum Gasteiger partial charge on any atom is -0.507 e. The van der Waals surface area contributed by atoms with Crippen molar-refractivity contribution in [2.24, 2.45) is 0 Å². The van der Waals surface area contributed by atoms with Crippen LogP contribution in [-0.4, -0.2) is 11.7 Å². The highest BCUT2D eigenvalue weighted by Gasteiger charge is 2.20. The van der Waals surface area contributed by atoms with E-state index in [0.717, 1.165) is 31.4 Å². The average molecular weight is 241 g/mol. The number of phenols is 1. The molecule has 0 aliphatic carbocycles. The van der Waals surface area contributed by atoms with Crippen molar-refractivity contribution in [2.45, 2.75) is 38.7 Å². The van der Waals surface area contributed by atoms with Crippen molar-refractivity contribution >= 4 is 0 Å². The Kier molecular flexibility index (Phi) is 3.62. The number of aromatic hydroxyl groups is 1. The maximum Gasteiger partial charge on any atom is 0.267 e. The first-order valence-corrected chi connectivity index (χ1v) is 5.94. The Morgan fingerprint density at radius 1 is 1.35 bits per heavy atom. The SMILES string of the molecule is Cc1cc(C2CCCCN2)cc(C(F)F)c1O. The Labute approximate surface area is 99.7 Å². The van der Waals surface area contributed by atoms with Crippen LogP contribution in [0.3, 0.4) is 0 Å². The topological polar surface area (TPSA) is 32.3 Å². The first-order chi connectivity index (χ1) is 8.09. The summed E-state index contributed by atoms with van der Waals surface area (Å²) in [5, 5.41) is 12.9. The minimum absolute atomic E-state index is 0.139. The van der Waals surface area contributed by atoms with Crippen molar-refractivity contribution in [1.82, 2.24) is 5.32 Å². The standard InChI is InChI=1S/C13H17F2NO/c1-8-6-9(11-4-2-3-5-16-11)7-10(12(8)17)13(14)15/h6-7,11,13,16-17H,2-5H2,1H3. The van der Waals surface area contributed by atoms with Gasteiger partial charge in [-0.2, -0.15) is 0 Å². The molecule has 1 aromatic rings. The molecule has 17 heavy (non-hydrogen) atoms. The Balaban J connectivity index is 2.34. The highest BCUT2D eigenvalue weighted by molar-refractivity contribution is 5.44. The summed E-state index contributed by atoms with van der Waals surface area (Å²) in [5.41, 5.74) is 1.12. The second kappa shape index (κ2) is 5.00. The lowest BCUT2D eigenvalue weighted by Gasteiger charge is -2.25. The monoisotopic (exact) mass is 241 g/mol. The zero-order valence-corrected chi connectivity index (χ0v) is 9.84. The summed E-state index contributed by atoms with van der Waals surface area (Å²) in [4.78, 5) is 0. The van der Waals surface area contributed by atoms with Crippen LogP contribution in [0.25, 0.3) is 0 Å². The number of benzene rings is 1. The molecule has 1 atom stereocenters. The number of halogens is 2. The largest absolute Gasteiger partial charge is 0.507 e. The van der Waals surface area contributed by atoms with Gasteiger partial charge in [0.2, 0.25) is 0 Å². The van der Waals surface area contributed by atoms with Crippen LogP contribution in [-0.2, 0) is 0 Å². The Bertz CT molecular complexity index is 401. The zero-order valence-electron chi connectivity index (χ0n) is 9.84. The molecule has 2 rings (SSSR count). The number of rotatable bonds is 2. The number of hydrogen-bond acceptors (Lipinski definition) is 2. The predicted molar refractivity (Wildman–Crippen MR) is 62.4 cm³/mol. The molecule has 1 heterocycles. The predicted octanol–water partition coefficient (Wildman–Crippen LogP) is 3.45. The maximum absolute atomic E-state index is 12.8. The van der Waals surface area contributed by atoms with Gasteiger partial charge in [-0.1, -0.05) is 12.5 Å². The minimum atomic E-state index is -2.63. The van der Waals surface area contributed by atoms with Crippen molar-refractivity contribution in [1.29, 1.82) is 0 Å². The van der Waals surface area contributed by atoms with Crippen molar-refractivity contribution < 1.29 is 13.9 Å². The number of piperidine rings is 1. The van der Waals surface area contributed by atoms with Gasteiger partial charge in [0, 0.05) is 6.04 Å². The van der Waals surface area contributed by atoms with Crippen LogP contribution in [0.5, 0.6) is 5.75 Å². The highest BCUT2D eigenvalue weighted by atomic mass is 19.3. The molecule has 1 aromatic carbocycles. The van der Waals surface area contributed by atoms with Crippen molar-refractivity contribution in [3.8, 4) is 5.75 Å². The van der Waals surface area contributed by atoms with Crippen molar-refractivity contribution in [3.05, 3.63) is 28.8 Å². The summed E-state index contributed by atoms with van der Waals surface area (Å²) >= 11 is 0. The van der Waals surface area contributed by atoms with Gasteiger partial charge < -0.3 is 10.4 Å². The van der Waals surface area contributed by atoms with Gasteiger partial charge in [0.25, 0.3) is 6.43 Å². The first-order valence-electron chi connectivity index (χ1n) is 5.94. The summed E-state index contributed by atoms with van der Waals surface area (Å²) in [6.07, 6.45) is 0.585. The zero-order chi connectivity index (χ0) is 12.4. The Morgan fingerprint density at radius 2 is 2.12 bits per heavy atom. The van der Waals surface area contributed by atoms with Gasteiger partial charge in [-0.05, 0) is 43.5 Å². The summed E-state index contributed by atoms with van der Waals surface area (Å²) in [6, 6.07) is 3.36.